The average Bonchev–Trinajstić information content (AvgIpc) is 2.80. The Kier molecular flexibility index (Phi) is 3.14. The number of phenols is 1. The summed E-state index contributed by atoms with van der Waals surface area (Å²) in [7, 11) is 0. The van der Waals surface area contributed by atoms with E-state index < -0.39 is 0 Å². The molecule has 2 saturated carbocycles. The van der Waals surface area contributed by atoms with Gasteiger partial charge in [0.25, 0.3) is 0 Å². The van der Waals surface area contributed by atoms with Crippen molar-refractivity contribution in [2.24, 2.45) is 17.3 Å². The summed E-state index contributed by atoms with van der Waals surface area (Å²) in [6.45, 7) is 6.56. The normalized spacial score (nSPS) is 40.0. The van der Waals surface area contributed by atoms with Gasteiger partial charge in [0.2, 0.25) is 0 Å². The molecule has 0 bridgehead atoms. The first-order valence-electron chi connectivity index (χ1n) is 8.93. The van der Waals surface area contributed by atoms with Crippen molar-refractivity contribution in [3.63, 3.8) is 0 Å². The Morgan fingerprint density at radius 2 is 1.86 bits per heavy atom. The molecular weight excluding hydrogens is 272 g/mol. The van der Waals surface area contributed by atoms with E-state index in [1.165, 1.54) is 36.0 Å². The Labute approximate surface area is 133 Å². The van der Waals surface area contributed by atoms with Crippen LogP contribution in [0.1, 0.15) is 67.2 Å². The summed E-state index contributed by atoms with van der Waals surface area (Å²) in [5.74, 6) is 2.52. The highest BCUT2D eigenvalue weighted by Crippen LogP contribution is 2.61. The van der Waals surface area contributed by atoms with E-state index in [0.29, 0.717) is 17.6 Å². The summed E-state index contributed by atoms with van der Waals surface area (Å²) in [6.07, 6.45) is 6.77. The van der Waals surface area contributed by atoms with Crippen molar-refractivity contribution in [1.82, 2.24) is 0 Å². The minimum Gasteiger partial charge on any atom is -0.508 e. The molecule has 5 atom stereocenters. The molecule has 0 amide bonds. The lowest BCUT2D eigenvalue weighted by atomic mass is 9.55. The van der Waals surface area contributed by atoms with E-state index in [1.807, 2.05) is 13.0 Å². The van der Waals surface area contributed by atoms with Gasteiger partial charge in [-0.05, 0) is 104 Å². The smallest absolute Gasteiger partial charge is 0.119 e. The van der Waals surface area contributed by atoms with E-state index in [9.17, 15) is 10.2 Å². The Morgan fingerprint density at radius 1 is 1.09 bits per heavy atom. The van der Waals surface area contributed by atoms with Crippen molar-refractivity contribution in [1.29, 1.82) is 0 Å². The van der Waals surface area contributed by atoms with E-state index in [2.05, 4.69) is 13.8 Å². The third kappa shape index (κ3) is 1.76. The second kappa shape index (κ2) is 4.74. The largest absolute Gasteiger partial charge is 0.508 e. The second-order valence-electron chi connectivity index (χ2n) is 8.27. The molecule has 4 rings (SSSR count). The molecule has 0 saturated heterocycles. The summed E-state index contributed by atoms with van der Waals surface area (Å²) in [6, 6.07) is 2.02. The van der Waals surface area contributed by atoms with E-state index in [-0.39, 0.29) is 11.5 Å². The SMILES string of the molecule is Cc1c(O)cc2c(c1C)[C@H]1CC[C@]3(C)C(O)CC[C@H]3[C@@H]1CC2. The Hall–Kier alpha value is -1.02. The molecule has 1 aromatic rings. The van der Waals surface area contributed by atoms with E-state index in [4.69, 9.17) is 0 Å². The van der Waals surface area contributed by atoms with Gasteiger partial charge >= 0.3 is 0 Å². The monoisotopic (exact) mass is 300 g/mol. The molecule has 2 fully saturated rings. The van der Waals surface area contributed by atoms with Crippen LogP contribution in [-0.2, 0) is 6.42 Å². The summed E-state index contributed by atoms with van der Waals surface area (Å²) >= 11 is 0. The number of hydrogen-bond acceptors (Lipinski definition) is 2. The predicted molar refractivity (Wildman–Crippen MR) is 88.2 cm³/mol. The van der Waals surface area contributed by atoms with E-state index in [1.54, 1.807) is 0 Å². The molecule has 0 aliphatic heterocycles. The molecule has 120 valence electrons. The molecular formula is C20H28O2. The van der Waals surface area contributed by atoms with E-state index in [0.717, 1.165) is 30.7 Å². The number of fused-ring (bicyclic) bond motifs is 5. The number of benzene rings is 1. The van der Waals surface area contributed by atoms with Crippen LogP contribution in [0.2, 0.25) is 0 Å². The number of aromatic hydroxyl groups is 1. The van der Waals surface area contributed by atoms with Crippen molar-refractivity contribution in [3.05, 3.63) is 28.3 Å². The van der Waals surface area contributed by atoms with Crippen molar-refractivity contribution < 1.29 is 10.2 Å². The third-order valence-electron chi connectivity index (χ3n) is 7.51. The van der Waals surface area contributed by atoms with Crippen molar-refractivity contribution in [2.75, 3.05) is 0 Å². The van der Waals surface area contributed by atoms with Gasteiger partial charge in [-0.2, -0.15) is 0 Å². The lowest BCUT2D eigenvalue weighted by Gasteiger charge is -2.50. The number of aliphatic hydroxyl groups is 1. The molecule has 2 heteroatoms. The molecule has 2 N–H and O–H groups in total. The van der Waals surface area contributed by atoms with Crippen LogP contribution < -0.4 is 0 Å². The summed E-state index contributed by atoms with van der Waals surface area (Å²) in [5, 5.41) is 20.6. The lowest BCUT2D eigenvalue weighted by Crippen LogP contribution is -2.44. The molecule has 3 aliphatic carbocycles. The predicted octanol–water partition coefficient (Wildman–Crippen LogP) is 4.23. The van der Waals surface area contributed by atoms with Crippen LogP contribution >= 0.6 is 0 Å². The number of rotatable bonds is 0. The van der Waals surface area contributed by atoms with E-state index >= 15 is 0 Å². The van der Waals surface area contributed by atoms with Gasteiger partial charge in [0, 0.05) is 0 Å². The van der Waals surface area contributed by atoms with Crippen molar-refractivity contribution in [2.45, 2.75) is 71.3 Å². The topological polar surface area (TPSA) is 40.5 Å². The maximum atomic E-state index is 10.5. The van der Waals surface area contributed by atoms with Crippen LogP contribution in [0.3, 0.4) is 0 Å². The standard InChI is InChI=1S/C20H28O2/c1-11-12(2)19-13(10-17(11)21)4-5-14-15(19)8-9-20(3)16(14)6-7-18(20)22/h10,14-16,18,21-22H,4-9H2,1-3H3/t14-,15+,16+,18?,20+/m1/s1. The highest BCUT2D eigenvalue weighted by molar-refractivity contribution is 5.51. The van der Waals surface area contributed by atoms with Crippen LogP contribution in [0.15, 0.2) is 6.07 Å². The lowest BCUT2D eigenvalue weighted by molar-refractivity contribution is -0.0227. The molecule has 0 heterocycles. The summed E-state index contributed by atoms with van der Waals surface area (Å²) in [4.78, 5) is 0. The molecule has 0 radical (unpaired) electrons. The third-order valence-corrected chi connectivity index (χ3v) is 7.51. The number of phenolic OH excluding ortho intramolecular Hbond substituents is 1. The molecule has 2 nitrogen and oxygen atoms in total. The summed E-state index contributed by atoms with van der Waals surface area (Å²) in [5.41, 5.74) is 5.43. The highest BCUT2D eigenvalue weighted by Gasteiger charge is 2.54. The van der Waals surface area contributed by atoms with Gasteiger partial charge in [0.1, 0.15) is 5.75 Å². The van der Waals surface area contributed by atoms with Gasteiger partial charge in [-0.25, -0.2) is 0 Å². The average molecular weight is 300 g/mol. The molecule has 0 spiro atoms. The molecule has 1 unspecified atom stereocenters. The minimum absolute atomic E-state index is 0.0949. The van der Waals surface area contributed by atoms with Gasteiger partial charge in [0.15, 0.2) is 0 Å². The zero-order valence-corrected chi connectivity index (χ0v) is 14.0. The maximum Gasteiger partial charge on any atom is 0.119 e. The van der Waals surface area contributed by atoms with Gasteiger partial charge in [-0.15, -0.1) is 0 Å². The van der Waals surface area contributed by atoms with Gasteiger partial charge in [0.05, 0.1) is 6.10 Å². The van der Waals surface area contributed by atoms with Crippen LogP contribution in [-0.4, -0.2) is 16.3 Å². The van der Waals surface area contributed by atoms with Crippen LogP contribution in [0, 0.1) is 31.1 Å². The van der Waals surface area contributed by atoms with Gasteiger partial charge in [-0.1, -0.05) is 6.92 Å². The zero-order chi connectivity index (χ0) is 15.6. The van der Waals surface area contributed by atoms with Crippen LogP contribution in [0.25, 0.3) is 0 Å². The first kappa shape index (κ1) is 14.6. The molecule has 0 aromatic heterocycles. The molecule has 1 aromatic carbocycles. The fraction of sp³-hybridized carbons (Fsp3) is 0.700. The quantitative estimate of drug-likeness (QED) is 0.753. The summed E-state index contributed by atoms with van der Waals surface area (Å²) < 4.78 is 0. The first-order valence-corrected chi connectivity index (χ1v) is 8.93. The molecule has 22 heavy (non-hydrogen) atoms. The fourth-order valence-corrected chi connectivity index (χ4v) is 6.05. The zero-order valence-electron chi connectivity index (χ0n) is 14.0. The second-order valence-corrected chi connectivity index (χ2v) is 8.27. The molecule has 3 aliphatic rings. The number of aryl methyl sites for hydroxylation is 1. The van der Waals surface area contributed by atoms with Crippen LogP contribution in [0.4, 0.5) is 0 Å². The number of aliphatic hydroxyl groups excluding tert-OH is 1. The Morgan fingerprint density at radius 3 is 2.64 bits per heavy atom. The van der Waals surface area contributed by atoms with Crippen molar-refractivity contribution >= 4 is 0 Å². The maximum absolute atomic E-state index is 10.5. The van der Waals surface area contributed by atoms with Gasteiger partial charge < -0.3 is 10.2 Å². The Bertz CT molecular complexity index is 621. The first-order chi connectivity index (χ1) is 10.4. The Balaban J connectivity index is 1.78. The van der Waals surface area contributed by atoms with Crippen LogP contribution in [0.5, 0.6) is 5.75 Å². The number of hydrogen-bond donors (Lipinski definition) is 2. The van der Waals surface area contributed by atoms with Crippen molar-refractivity contribution in [3.8, 4) is 5.75 Å². The fourth-order valence-electron chi connectivity index (χ4n) is 6.05. The highest BCUT2D eigenvalue weighted by atomic mass is 16.3. The van der Waals surface area contributed by atoms with Gasteiger partial charge in [-0.3, -0.25) is 0 Å². The minimum atomic E-state index is -0.0949.